The van der Waals surface area contributed by atoms with Gasteiger partial charge in [-0.15, -0.1) is 0 Å². The number of fused-ring (bicyclic) bond motifs is 17. The molecule has 4 aromatic heterocycles. The number of hydrogen-bond donors (Lipinski definition) is 0. The Labute approximate surface area is 312 Å². The summed E-state index contributed by atoms with van der Waals surface area (Å²) in [7, 11) is 0. The zero-order valence-electron chi connectivity index (χ0n) is 29.4. The number of aromatic nitrogens is 4. The van der Waals surface area contributed by atoms with Gasteiger partial charge in [-0.2, -0.15) is 0 Å². The second-order valence-electron chi connectivity index (χ2n) is 14.6. The van der Waals surface area contributed by atoms with Crippen LogP contribution in [0.5, 0.6) is 0 Å². The van der Waals surface area contributed by atoms with E-state index in [1.54, 1.807) is 0 Å². The highest BCUT2D eigenvalue weighted by Gasteiger charge is 2.21. The Morgan fingerprint density at radius 2 is 0.836 bits per heavy atom. The first-order valence-corrected chi connectivity index (χ1v) is 18.7. The highest BCUT2D eigenvalue weighted by Crippen LogP contribution is 2.43. The van der Waals surface area contributed by atoms with Crippen molar-refractivity contribution in [1.82, 2.24) is 19.1 Å². The smallest absolute Gasteiger partial charge is 0.246 e. The molecule has 0 radical (unpaired) electrons. The Bertz CT molecular complexity index is 3360. The summed E-state index contributed by atoms with van der Waals surface area (Å²) >= 11 is 0. The molecule has 0 amide bonds. The molecule has 0 unspecified atom stereocenters. The summed E-state index contributed by atoms with van der Waals surface area (Å²) in [4.78, 5) is 10.3. The molecule has 0 N–H and O–H groups in total. The second-order valence-corrected chi connectivity index (χ2v) is 14.6. The van der Waals surface area contributed by atoms with Crippen LogP contribution in [0.25, 0.3) is 120 Å². The van der Waals surface area contributed by atoms with E-state index in [4.69, 9.17) is 14.4 Å². The molecule has 55 heavy (non-hydrogen) atoms. The summed E-state index contributed by atoms with van der Waals surface area (Å²) in [5.41, 5.74) is 7.57. The Kier molecular flexibility index (Phi) is 5.57. The maximum atomic E-state index is 6.39. The third-order valence-corrected chi connectivity index (χ3v) is 11.7. The fourth-order valence-corrected chi connectivity index (χ4v) is 9.38. The van der Waals surface area contributed by atoms with Crippen LogP contribution < -0.4 is 0 Å². The molecular weight excluding hydrogens is 673 g/mol. The standard InChI is InChI=1S/C50H28N4O/c1-5-13-34-29(9-1)17-22-39-45(34)46-35-14-6-2-10-30(35)18-23-40(46)53(39)33-21-26-43-38(27-33)49-50(55-43)51-28-44(52-49)54-41-24-19-31-11-3-7-15-36(31)47(41)48-37-16-8-4-12-32(37)20-25-42(48)54/h1-28H. The third kappa shape index (κ3) is 3.86. The minimum atomic E-state index is 0.520. The lowest BCUT2D eigenvalue weighted by Gasteiger charge is -2.09. The number of hydrogen-bond acceptors (Lipinski definition) is 3. The molecule has 4 heterocycles. The van der Waals surface area contributed by atoms with Crippen molar-refractivity contribution in [3.05, 3.63) is 170 Å². The van der Waals surface area contributed by atoms with E-state index in [1.807, 2.05) is 6.20 Å². The highest BCUT2D eigenvalue weighted by atomic mass is 16.3. The van der Waals surface area contributed by atoms with Crippen molar-refractivity contribution < 1.29 is 4.42 Å². The topological polar surface area (TPSA) is 48.8 Å². The first-order chi connectivity index (χ1) is 27.3. The van der Waals surface area contributed by atoms with Crippen LogP contribution in [0.2, 0.25) is 0 Å². The van der Waals surface area contributed by atoms with Gasteiger partial charge in [0.25, 0.3) is 0 Å². The van der Waals surface area contributed by atoms with Crippen molar-refractivity contribution in [2.24, 2.45) is 0 Å². The fourth-order valence-electron chi connectivity index (χ4n) is 9.38. The van der Waals surface area contributed by atoms with Gasteiger partial charge in [-0.3, -0.25) is 4.57 Å². The Balaban J connectivity index is 1.10. The molecule has 5 nitrogen and oxygen atoms in total. The molecule has 13 rings (SSSR count). The third-order valence-electron chi connectivity index (χ3n) is 11.7. The van der Waals surface area contributed by atoms with Crippen LogP contribution in [-0.2, 0) is 0 Å². The van der Waals surface area contributed by atoms with Crippen molar-refractivity contribution in [1.29, 1.82) is 0 Å². The molecule has 5 heteroatoms. The number of rotatable bonds is 2. The van der Waals surface area contributed by atoms with Gasteiger partial charge in [0.15, 0.2) is 5.82 Å². The number of benzene rings is 9. The van der Waals surface area contributed by atoms with Gasteiger partial charge in [-0.25, -0.2) is 9.97 Å². The van der Waals surface area contributed by atoms with Gasteiger partial charge in [0.2, 0.25) is 5.71 Å². The minimum Gasteiger partial charge on any atom is -0.436 e. The predicted molar refractivity (Wildman–Crippen MR) is 228 cm³/mol. The van der Waals surface area contributed by atoms with Crippen LogP contribution in [0.15, 0.2) is 174 Å². The van der Waals surface area contributed by atoms with Gasteiger partial charge in [-0.1, -0.05) is 121 Å². The van der Waals surface area contributed by atoms with Crippen LogP contribution in [0.3, 0.4) is 0 Å². The maximum Gasteiger partial charge on any atom is 0.246 e. The van der Waals surface area contributed by atoms with Gasteiger partial charge in [-0.05, 0) is 85.6 Å². The van der Waals surface area contributed by atoms with Crippen molar-refractivity contribution >= 4 is 109 Å². The largest absolute Gasteiger partial charge is 0.436 e. The van der Waals surface area contributed by atoms with Gasteiger partial charge in [0, 0.05) is 27.2 Å². The minimum absolute atomic E-state index is 0.520. The van der Waals surface area contributed by atoms with Crippen molar-refractivity contribution in [2.75, 3.05) is 0 Å². The predicted octanol–water partition coefficient (Wildman–Crippen LogP) is 13.2. The van der Waals surface area contributed by atoms with E-state index in [-0.39, 0.29) is 0 Å². The monoisotopic (exact) mass is 700 g/mol. The van der Waals surface area contributed by atoms with Crippen molar-refractivity contribution in [3.8, 4) is 11.5 Å². The molecule has 0 saturated heterocycles. The molecule has 0 spiro atoms. The summed E-state index contributed by atoms with van der Waals surface area (Å²) in [5.74, 6) is 0.751. The van der Waals surface area contributed by atoms with E-state index < -0.39 is 0 Å². The molecule has 0 atom stereocenters. The summed E-state index contributed by atoms with van der Waals surface area (Å²) in [6.07, 6.45) is 1.85. The molecule has 0 aliphatic heterocycles. The average Bonchev–Trinajstić information content (AvgIpc) is 3.91. The number of furan rings is 1. The normalized spacial score (nSPS) is 12.4. The molecule has 0 fully saturated rings. The van der Waals surface area contributed by atoms with E-state index in [2.05, 4.69) is 173 Å². The van der Waals surface area contributed by atoms with E-state index in [0.29, 0.717) is 5.71 Å². The van der Waals surface area contributed by atoms with E-state index in [9.17, 15) is 0 Å². The molecule has 9 aromatic carbocycles. The lowest BCUT2D eigenvalue weighted by Crippen LogP contribution is -1.98. The molecule has 0 saturated carbocycles. The molecule has 0 aliphatic carbocycles. The summed E-state index contributed by atoms with van der Waals surface area (Å²) < 4.78 is 11.0. The van der Waals surface area contributed by atoms with Crippen LogP contribution >= 0.6 is 0 Å². The van der Waals surface area contributed by atoms with Gasteiger partial charge >= 0.3 is 0 Å². The highest BCUT2D eigenvalue weighted by molar-refractivity contribution is 6.30. The quantitative estimate of drug-likeness (QED) is 0.180. The van der Waals surface area contributed by atoms with Crippen molar-refractivity contribution in [3.63, 3.8) is 0 Å². The van der Waals surface area contributed by atoms with Crippen molar-refractivity contribution in [2.45, 2.75) is 0 Å². The second kappa shape index (κ2) is 10.6. The molecule has 0 bridgehead atoms. The van der Waals surface area contributed by atoms with Gasteiger partial charge in [0.05, 0.1) is 33.6 Å². The zero-order chi connectivity index (χ0) is 35.8. The van der Waals surface area contributed by atoms with Crippen LogP contribution in [0.1, 0.15) is 0 Å². The van der Waals surface area contributed by atoms with Gasteiger partial charge < -0.3 is 8.98 Å². The Morgan fingerprint density at radius 3 is 1.31 bits per heavy atom. The Hall–Kier alpha value is -7.50. The molecule has 13 aromatic rings. The van der Waals surface area contributed by atoms with Crippen LogP contribution in [0.4, 0.5) is 0 Å². The first kappa shape index (κ1) is 29.0. The number of nitrogens with zero attached hydrogens (tertiary/aromatic N) is 4. The van der Waals surface area contributed by atoms with Gasteiger partial charge in [0.1, 0.15) is 11.1 Å². The lowest BCUT2D eigenvalue weighted by atomic mass is 10.00. The summed E-state index contributed by atoms with van der Waals surface area (Å²) in [6.45, 7) is 0. The zero-order valence-corrected chi connectivity index (χ0v) is 29.4. The SMILES string of the molecule is c1ccc2c(c1)ccc1c2c2c3ccccc3ccc2n1-c1ccc2oc3ncc(-n4c5ccc6ccccc6c5c5c6ccccc6ccc54)nc3c2c1. The fraction of sp³-hybridized carbons (Fsp3) is 0. The Morgan fingerprint density at radius 1 is 0.400 bits per heavy atom. The molecule has 254 valence electrons. The molecule has 0 aliphatic rings. The van der Waals surface area contributed by atoms with E-state index in [0.717, 1.165) is 50.1 Å². The van der Waals surface area contributed by atoms with E-state index in [1.165, 1.54) is 64.6 Å². The molecular formula is C50H28N4O. The lowest BCUT2D eigenvalue weighted by molar-refractivity contribution is 0.652. The maximum absolute atomic E-state index is 6.39. The van der Waals surface area contributed by atoms with E-state index >= 15 is 0 Å². The summed E-state index contributed by atoms with van der Waals surface area (Å²) in [6, 6.07) is 58.9. The average molecular weight is 701 g/mol. The summed E-state index contributed by atoms with van der Waals surface area (Å²) in [5, 5.41) is 15.7. The first-order valence-electron chi connectivity index (χ1n) is 18.7. The van der Waals surface area contributed by atoms with Crippen LogP contribution in [-0.4, -0.2) is 19.1 Å². The van der Waals surface area contributed by atoms with Crippen LogP contribution in [0, 0.1) is 0 Å².